The number of ether oxygens (including phenoxy) is 4. The molecule has 0 radical (unpaired) electrons. The molecule has 5 aromatic heterocycles. The molecule has 11 rings (SSSR count). The largest absolute Gasteiger partial charge is 0.480 e. The molecule has 25 heteroatoms. The summed E-state index contributed by atoms with van der Waals surface area (Å²) in [5, 5.41) is 1.01. The van der Waals surface area contributed by atoms with Crippen molar-refractivity contribution in [3.05, 3.63) is 58.7 Å². The summed E-state index contributed by atoms with van der Waals surface area (Å²) in [4.78, 5) is 44.8. The molecule has 5 aliphatic rings. The Bertz CT molecular complexity index is 3430. The third kappa shape index (κ3) is 17.6. The highest BCUT2D eigenvalue weighted by Crippen LogP contribution is 2.40. The molecule has 5 saturated heterocycles. The normalized spacial score (nSPS) is 18.0. The molecule has 0 saturated carbocycles. The van der Waals surface area contributed by atoms with E-state index in [4.69, 9.17) is 38.9 Å². The number of nitrogens with one attached hydrogen (secondary N) is 2. The van der Waals surface area contributed by atoms with E-state index in [0.29, 0.717) is 61.3 Å². The van der Waals surface area contributed by atoms with Gasteiger partial charge < -0.3 is 38.5 Å². The maximum atomic E-state index is 12.0. The topological polar surface area (TPSA) is 226 Å². The number of aromatic nitrogens is 6. The van der Waals surface area contributed by atoms with Gasteiger partial charge in [0.05, 0.1) is 68.9 Å². The van der Waals surface area contributed by atoms with E-state index in [1.54, 1.807) is 35.9 Å². The summed E-state index contributed by atoms with van der Waals surface area (Å²) < 4.78 is 75.8. The van der Waals surface area contributed by atoms with Crippen molar-refractivity contribution in [1.29, 1.82) is 0 Å². The average molecular weight is 1260 g/mol. The summed E-state index contributed by atoms with van der Waals surface area (Å²) in [6.07, 6.45) is 14.3. The van der Waals surface area contributed by atoms with Gasteiger partial charge in [-0.2, -0.15) is 0 Å². The number of aryl methyl sites for hydroxylation is 1. The fourth-order valence-corrected chi connectivity index (χ4v) is 14.3. The number of thiophene rings is 1. The number of pyridine rings is 2. The van der Waals surface area contributed by atoms with Gasteiger partial charge in [0.2, 0.25) is 31.8 Å². The molecule has 5 fully saturated rings. The second-order valence-corrected chi connectivity index (χ2v) is 27.4. The van der Waals surface area contributed by atoms with Crippen LogP contribution in [0.3, 0.4) is 0 Å². The smallest absolute Gasteiger partial charge is 0.238 e. The van der Waals surface area contributed by atoms with Crippen molar-refractivity contribution in [3.63, 3.8) is 0 Å². The van der Waals surface area contributed by atoms with Gasteiger partial charge in [0.25, 0.3) is 0 Å². The number of rotatable bonds is 17. The fourth-order valence-electron chi connectivity index (χ4n) is 11.9. The monoisotopic (exact) mass is 1260 g/mol. The Morgan fingerprint density at radius 2 is 1.16 bits per heavy atom. The minimum absolute atomic E-state index is 0.183. The highest BCUT2D eigenvalue weighted by atomic mass is 32.2. The predicted molar refractivity (Wildman–Crippen MR) is 352 cm³/mol. The molecule has 0 atom stereocenters. The fraction of sp³-hybridized carbons (Fsp3) is 0.613. The lowest BCUT2D eigenvalue weighted by atomic mass is 9.99. The van der Waals surface area contributed by atoms with Crippen molar-refractivity contribution in [3.8, 4) is 34.5 Å². The molecule has 0 amide bonds. The standard InChI is InChI=1S/C30H41N7O4S.C28H41N7O4S2.2C2H6/c1-40-30-27(34-42(2,38)39)19-23(20-31-30)28-32-26-7-6-22(18-25(26)29(33-28)37-14-16-41-17-15-37)21-35-12-8-24(9-13-35)36-10-4-3-5-11-36;1-18(2)33(4)21-7-9-34(10-8-21)17-23-19(3)24-25(40-23)27(35-11-13-39-14-12-35)31-26(30-24)20-15-22(32-41(6,36)37)28(38-5)29-16-20;2*1-2/h6-7,18-20,24,34H,3-5,8-17,21H2,1-2H3;15-16,18,21,32H,7-14,17H2,1-6H3;2*1-2H3. The lowest BCUT2D eigenvalue weighted by molar-refractivity contribution is 0.0897. The van der Waals surface area contributed by atoms with Gasteiger partial charge in [-0.05, 0) is 128 Å². The highest BCUT2D eigenvalue weighted by molar-refractivity contribution is 7.92. The molecule has 0 bridgehead atoms. The number of piperidine rings is 3. The number of benzene rings is 1. The lowest BCUT2D eigenvalue weighted by Crippen LogP contribution is -2.46. The Hall–Kier alpha value is -5.64. The Balaban J connectivity index is 0.000000214. The summed E-state index contributed by atoms with van der Waals surface area (Å²) in [6.45, 7) is 29.0. The van der Waals surface area contributed by atoms with Gasteiger partial charge in [0.1, 0.15) is 17.2 Å². The van der Waals surface area contributed by atoms with Gasteiger partial charge in [-0.25, -0.2) is 46.7 Å². The van der Waals surface area contributed by atoms with Crippen LogP contribution in [0.5, 0.6) is 11.8 Å². The summed E-state index contributed by atoms with van der Waals surface area (Å²) in [5.41, 5.74) is 5.89. The molecular weight excluding hydrogens is 1160 g/mol. The number of likely N-dealkylation sites (tertiary alicyclic amines) is 3. The molecular formula is C62H94N14O8S3. The molecule has 2 N–H and O–H groups in total. The van der Waals surface area contributed by atoms with E-state index in [1.165, 1.54) is 88.3 Å². The van der Waals surface area contributed by atoms with Crippen molar-refractivity contribution in [1.82, 2.24) is 49.5 Å². The van der Waals surface area contributed by atoms with Crippen LogP contribution in [0.1, 0.15) is 102 Å². The molecule has 478 valence electrons. The minimum atomic E-state index is -3.54. The van der Waals surface area contributed by atoms with E-state index < -0.39 is 20.0 Å². The average Bonchev–Trinajstić information content (AvgIpc) is 2.60. The van der Waals surface area contributed by atoms with E-state index in [1.807, 2.05) is 27.7 Å². The van der Waals surface area contributed by atoms with Crippen molar-refractivity contribution in [2.75, 3.05) is 145 Å². The van der Waals surface area contributed by atoms with Crippen LogP contribution in [0.25, 0.3) is 43.9 Å². The number of hydrogen-bond donors (Lipinski definition) is 2. The van der Waals surface area contributed by atoms with E-state index in [-0.39, 0.29) is 23.1 Å². The summed E-state index contributed by atoms with van der Waals surface area (Å²) in [6, 6.07) is 11.8. The molecule has 1 aromatic carbocycles. The second-order valence-electron chi connectivity index (χ2n) is 22.8. The summed E-state index contributed by atoms with van der Waals surface area (Å²) in [5.74, 6) is 3.09. The zero-order chi connectivity index (χ0) is 62.4. The van der Waals surface area contributed by atoms with Crippen LogP contribution in [0, 0.1) is 6.92 Å². The molecule has 22 nitrogen and oxygen atoms in total. The molecule has 87 heavy (non-hydrogen) atoms. The van der Waals surface area contributed by atoms with Crippen LogP contribution in [0.15, 0.2) is 42.7 Å². The number of morpholine rings is 2. The maximum Gasteiger partial charge on any atom is 0.238 e. The quantitative estimate of drug-likeness (QED) is 0.0868. The third-order valence-corrected chi connectivity index (χ3v) is 19.0. The third-order valence-electron chi connectivity index (χ3n) is 16.6. The van der Waals surface area contributed by atoms with E-state index in [9.17, 15) is 16.8 Å². The van der Waals surface area contributed by atoms with Crippen LogP contribution in [-0.4, -0.2) is 210 Å². The number of anilines is 4. The van der Waals surface area contributed by atoms with E-state index in [0.717, 1.165) is 117 Å². The first-order chi connectivity index (χ1) is 41.9. The van der Waals surface area contributed by atoms with Crippen LogP contribution in [-0.2, 0) is 42.6 Å². The Morgan fingerprint density at radius 1 is 0.655 bits per heavy atom. The number of fused-ring (bicyclic) bond motifs is 2. The molecule has 0 aliphatic carbocycles. The first-order valence-electron chi connectivity index (χ1n) is 31.1. The number of methoxy groups -OCH3 is 2. The van der Waals surface area contributed by atoms with Gasteiger partial charge in [0.15, 0.2) is 17.5 Å². The van der Waals surface area contributed by atoms with Crippen molar-refractivity contribution >= 4 is 75.5 Å². The molecule has 0 unspecified atom stereocenters. The lowest BCUT2D eigenvalue weighted by Gasteiger charge is -2.40. The number of nitrogens with zero attached hydrogens (tertiary/aromatic N) is 12. The molecule has 0 spiro atoms. The van der Waals surface area contributed by atoms with Crippen LogP contribution in [0.2, 0.25) is 0 Å². The maximum absolute atomic E-state index is 12.0. The summed E-state index contributed by atoms with van der Waals surface area (Å²) >= 11 is 1.78. The molecule has 5 aliphatic heterocycles. The summed E-state index contributed by atoms with van der Waals surface area (Å²) in [7, 11) is -1.93. The number of sulfonamides is 2. The van der Waals surface area contributed by atoms with Crippen molar-refractivity contribution < 1.29 is 35.8 Å². The van der Waals surface area contributed by atoms with Crippen LogP contribution in [0.4, 0.5) is 23.0 Å². The van der Waals surface area contributed by atoms with Gasteiger partial charge in [-0.1, -0.05) is 40.2 Å². The molecule has 6 aromatic rings. The minimum Gasteiger partial charge on any atom is -0.480 e. The zero-order valence-corrected chi connectivity index (χ0v) is 55.8. The Morgan fingerprint density at radius 3 is 1.69 bits per heavy atom. The highest BCUT2D eigenvalue weighted by Gasteiger charge is 2.29. The van der Waals surface area contributed by atoms with Crippen LogP contribution < -0.4 is 28.7 Å². The van der Waals surface area contributed by atoms with Gasteiger partial charge in [-0.15, -0.1) is 11.3 Å². The van der Waals surface area contributed by atoms with E-state index >= 15 is 0 Å². The second kappa shape index (κ2) is 31.2. The SMILES string of the molecule is CC.CC.COc1ncc(-c2nc(N3CCOCC3)c3cc(CN4CCC(N5CCCCC5)CC4)ccc3n2)cc1NS(C)(=O)=O.COc1ncc(-c2nc(N3CCOCC3)c3sc(CN4CCC(N(C)C(C)C)CC4)c(C)c3n2)cc1NS(C)(=O)=O. The predicted octanol–water partition coefficient (Wildman–Crippen LogP) is 8.99. The van der Waals surface area contributed by atoms with Gasteiger partial charge in [-0.3, -0.25) is 19.2 Å². The zero-order valence-electron chi connectivity index (χ0n) is 53.4. The first-order valence-corrected chi connectivity index (χ1v) is 35.7. The first kappa shape index (κ1) is 67.3. The Kier molecular flexibility index (Phi) is 24.1. The number of hydrogen-bond acceptors (Lipinski definition) is 21. The van der Waals surface area contributed by atoms with Crippen molar-refractivity contribution in [2.45, 2.75) is 125 Å². The van der Waals surface area contributed by atoms with Crippen molar-refractivity contribution in [2.24, 2.45) is 0 Å². The van der Waals surface area contributed by atoms with Gasteiger partial charge >= 0.3 is 0 Å². The van der Waals surface area contributed by atoms with Crippen LogP contribution >= 0.6 is 11.3 Å². The van der Waals surface area contributed by atoms with E-state index in [2.05, 4.69) is 94.8 Å². The Labute approximate surface area is 520 Å². The van der Waals surface area contributed by atoms with Gasteiger partial charge in [0, 0.05) is 104 Å². The molecule has 10 heterocycles.